The first-order chi connectivity index (χ1) is 15.4. The fourth-order valence-electron chi connectivity index (χ4n) is 3.26. The van der Waals surface area contributed by atoms with Crippen LogP contribution in [0.2, 0.25) is 0 Å². The van der Waals surface area contributed by atoms with Crippen LogP contribution >= 0.6 is 0 Å². The van der Waals surface area contributed by atoms with Crippen molar-refractivity contribution in [3.05, 3.63) is 122 Å². The maximum Gasteiger partial charge on any atom is 0.301 e. The maximum absolute atomic E-state index is 13.9. The molecule has 0 amide bonds. The van der Waals surface area contributed by atoms with E-state index in [1.54, 1.807) is 6.07 Å². The van der Waals surface area contributed by atoms with Gasteiger partial charge in [0.25, 0.3) is 5.69 Å². The van der Waals surface area contributed by atoms with Gasteiger partial charge in [-0.25, -0.2) is 4.39 Å². The summed E-state index contributed by atoms with van der Waals surface area (Å²) >= 11 is 0. The topological polar surface area (TPSA) is 111 Å². The molecule has 32 heavy (non-hydrogen) atoms. The van der Waals surface area contributed by atoms with Crippen molar-refractivity contribution in [2.45, 2.75) is 0 Å². The number of fused-ring (bicyclic) bond motifs is 1. The molecule has 4 rings (SSSR count). The number of hydrogen-bond donors (Lipinski definition) is 1. The van der Waals surface area contributed by atoms with Crippen molar-refractivity contribution in [1.29, 1.82) is 0 Å². The van der Waals surface area contributed by atoms with Gasteiger partial charge in [-0.05, 0) is 35.0 Å². The van der Waals surface area contributed by atoms with Crippen molar-refractivity contribution in [3.8, 4) is 0 Å². The summed E-state index contributed by atoms with van der Waals surface area (Å²) in [5.74, 6) is -0.461. The van der Waals surface area contributed by atoms with E-state index in [0.717, 1.165) is 22.9 Å². The van der Waals surface area contributed by atoms with E-state index in [2.05, 4.69) is 10.5 Å². The van der Waals surface area contributed by atoms with E-state index in [0.29, 0.717) is 16.8 Å². The Bertz CT molecular complexity index is 1390. The second kappa shape index (κ2) is 8.60. The summed E-state index contributed by atoms with van der Waals surface area (Å²) in [4.78, 5) is 20.9. The lowest BCUT2D eigenvalue weighted by molar-refractivity contribution is -0.393. The van der Waals surface area contributed by atoms with E-state index in [1.165, 1.54) is 24.3 Å². The molecule has 1 N–H and O–H groups in total. The van der Waals surface area contributed by atoms with E-state index in [9.17, 15) is 24.6 Å². The third kappa shape index (κ3) is 4.26. The molecule has 0 fully saturated rings. The summed E-state index contributed by atoms with van der Waals surface area (Å²) in [6.45, 7) is 0. The summed E-state index contributed by atoms with van der Waals surface area (Å²) < 4.78 is 13.9. The first-order valence-electron chi connectivity index (χ1n) is 9.44. The molecule has 8 nitrogen and oxygen atoms in total. The number of nitro groups is 2. The SMILES string of the molecule is O=[N+]([O-])c1ccc(NN=C(c2cccc(F)c2)c2ccc3ccccc3c2)c([N+](=O)[O-])c1. The third-order valence-electron chi connectivity index (χ3n) is 4.80. The zero-order valence-electron chi connectivity index (χ0n) is 16.4. The zero-order valence-corrected chi connectivity index (χ0v) is 16.4. The predicted octanol–water partition coefficient (Wildman–Crippen LogP) is 5.66. The molecule has 4 aromatic rings. The molecule has 0 unspecified atom stereocenters. The van der Waals surface area contributed by atoms with E-state index in [4.69, 9.17) is 0 Å². The van der Waals surface area contributed by atoms with Crippen LogP contribution in [0.4, 0.5) is 21.5 Å². The number of hydrazone groups is 1. The fourth-order valence-corrected chi connectivity index (χ4v) is 3.26. The summed E-state index contributed by atoms with van der Waals surface area (Å²) in [6.07, 6.45) is 0. The highest BCUT2D eigenvalue weighted by Crippen LogP contribution is 2.29. The number of non-ortho nitro benzene ring substituents is 1. The van der Waals surface area contributed by atoms with Crippen molar-refractivity contribution >= 4 is 33.5 Å². The number of benzene rings is 4. The summed E-state index contributed by atoms with van der Waals surface area (Å²) in [5, 5.41) is 28.7. The van der Waals surface area contributed by atoms with E-state index in [-0.39, 0.29) is 5.69 Å². The van der Waals surface area contributed by atoms with Crippen LogP contribution in [-0.4, -0.2) is 15.6 Å². The van der Waals surface area contributed by atoms with E-state index in [1.807, 2.05) is 42.5 Å². The molecule has 158 valence electrons. The van der Waals surface area contributed by atoms with Crippen LogP contribution in [0.15, 0.2) is 90.0 Å². The Kier molecular flexibility index (Phi) is 5.54. The lowest BCUT2D eigenvalue weighted by Gasteiger charge is -2.10. The molecule has 0 aromatic heterocycles. The molecule has 0 aliphatic rings. The molecule has 0 saturated heterocycles. The first kappa shape index (κ1) is 20.6. The Morgan fingerprint density at radius 2 is 1.53 bits per heavy atom. The van der Waals surface area contributed by atoms with Gasteiger partial charge in [0.1, 0.15) is 11.5 Å². The van der Waals surface area contributed by atoms with Crippen LogP contribution in [-0.2, 0) is 0 Å². The Morgan fingerprint density at radius 1 is 0.781 bits per heavy atom. The highest BCUT2D eigenvalue weighted by Gasteiger charge is 2.20. The highest BCUT2D eigenvalue weighted by molar-refractivity contribution is 6.14. The number of nitrogens with one attached hydrogen (secondary N) is 1. The van der Waals surface area contributed by atoms with E-state index < -0.39 is 27.0 Å². The van der Waals surface area contributed by atoms with Crippen molar-refractivity contribution in [2.24, 2.45) is 5.10 Å². The summed E-state index contributed by atoms with van der Waals surface area (Å²) in [6, 6.07) is 22.3. The van der Waals surface area contributed by atoms with Crippen molar-refractivity contribution < 1.29 is 14.2 Å². The van der Waals surface area contributed by atoms with Gasteiger partial charge in [0.05, 0.1) is 21.6 Å². The quantitative estimate of drug-likeness (QED) is 0.241. The molecule has 0 saturated carbocycles. The number of anilines is 1. The van der Waals surface area contributed by atoms with Gasteiger partial charge in [0.15, 0.2) is 0 Å². The minimum Gasteiger partial charge on any atom is -0.271 e. The zero-order chi connectivity index (χ0) is 22.7. The molecule has 0 atom stereocenters. The van der Waals surface area contributed by atoms with Gasteiger partial charge in [-0.3, -0.25) is 25.7 Å². The second-order valence-electron chi connectivity index (χ2n) is 6.86. The van der Waals surface area contributed by atoms with Crippen LogP contribution < -0.4 is 5.43 Å². The first-order valence-corrected chi connectivity index (χ1v) is 9.44. The molecule has 0 radical (unpaired) electrons. The molecular formula is C23H15FN4O4. The largest absolute Gasteiger partial charge is 0.301 e. The van der Waals surface area contributed by atoms with Crippen LogP contribution in [0, 0.1) is 26.0 Å². The minimum absolute atomic E-state index is 0.0321. The van der Waals surface area contributed by atoms with Gasteiger partial charge in [-0.1, -0.05) is 48.5 Å². The molecule has 0 aliphatic heterocycles. The molecule has 0 heterocycles. The van der Waals surface area contributed by atoms with Gasteiger partial charge < -0.3 is 0 Å². The van der Waals surface area contributed by atoms with Gasteiger partial charge in [-0.15, -0.1) is 0 Å². The molecule has 0 spiro atoms. The van der Waals surface area contributed by atoms with Crippen molar-refractivity contribution in [3.63, 3.8) is 0 Å². The average Bonchev–Trinajstić information content (AvgIpc) is 2.79. The van der Waals surface area contributed by atoms with Crippen LogP contribution in [0.1, 0.15) is 11.1 Å². The van der Waals surface area contributed by atoms with Gasteiger partial charge >= 0.3 is 5.69 Å². The van der Waals surface area contributed by atoms with Gasteiger partial charge in [-0.2, -0.15) is 5.10 Å². The van der Waals surface area contributed by atoms with Gasteiger partial charge in [0.2, 0.25) is 0 Å². The standard InChI is InChI=1S/C23H15FN4O4/c24-19-7-3-6-17(13-19)23(18-9-8-15-4-1-2-5-16(15)12-18)26-25-21-11-10-20(27(29)30)14-22(21)28(31)32/h1-14,25H. The van der Waals surface area contributed by atoms with Crippen molar-refractivity contribution in [2.75, 3.05) is 5.43 Å². The molecule has 4 aromatic carbocycles. The smallest absolute Gasteiger partial charge is 0.271 e. The van der Waals surface area contributed by atoms with Crippen LogP contribution in [0.5, 0.6) is 0 Å². The summed E-state index contributed by atoms with van der Waals surface area (Å²) in [7, 11) is 0. The Morgan fingerprint density at radius 3 is 2.25 bits per heavy atom. The van der Waals surface area contributed by atoms with Crippen LogP contribution in [0.3, 0.4) is 0 Å². The number of halogens is 1. The number of nitrogens with zero attached hydrogens (tertiary/aromatic N) is 3. The lowest BCUT2D eigenvalue weighted by atomic mass is 9.99. The van der Waals surface area contributed by atoms with Gasteiger partial charge in [0, 0.05) is 17.2 Å². The molecule has 0 aliphatic carbocycles. The number of nitro benzene ring substituents is 2. The molecule has 9 heteroatoms. The monoisotopic (exact) mass is 430 g/mol. The lowest BCUT2D eigenvalue weighted by Crippen LogP contribution is -2.08. The highest BCUT2D eigenvalue weighted by atomic mass is 19.1. The minimum atomic E-state index is -0.733. The van der Waals surface area contributed by atoms with E-state index >= 15 is 0 Å². The Hall–Kier alpha value is -4.66. The summed E-state index contributed by atoms with van der Waals surface area (Å²) in [5.41, 5.74) is 3.15. The third-order valence-corrected chi connectivity index (χ3v) is 4.80. The number of rotatable bonds is 6. The predicted molar refractivity (Wildman–Crippen MR) is 119 cm³/mol. The average molecular weight is 430 g/mol. The number of hydrogen-bond acceptors (Lipinski definition) is 6. The second-order valence-corrected chi connectivity index (χ2v) is 6.86. The maximum atomic E-state index is 13.9. The Labute approximate surface area is 180 Å². The molecular weight excluding hydrogens is 415 g/mol. The normalized spacial score (nSPS) is 11.3. The molecule has 0 bridgehead atoms. The van der Waals surface area contributed by atoms with Crippen LogP contribution in [0.25, 0.3) is 10.8 Å². The van der Waals surface area contributed by atoms with Crippen molar-refractivity contribution in [1.82, 2.24) is 0 Å². The Balaban J connectivity index is 1.82. The fraction of sp³-hybridized carbons (Fsp3) is 0.